The molecule has 1 aliphatic rings. The van der Waals surface area contributed by atoms with E-state index in [-0.39, 0.29) is 11.4 Å². The molecule has 1 fully saturated rings. The number of pyridine rings is 1. The van der Waals surface area contributed by atoms with Crippen LogP contribution in [0.15, 0.2) is 22.9 Å². The number of nitrogens with zero attached hydrogens (tertiary/aromatic N) is 3. The Kier molecular flexibility index (Phi) is 4.26. The molecule has 4 nitrogen and oxygen atoms in total. The van der Waals surface area contributed by atoms with E-state index in [0.29, 0.717) is 5.56 Å². The minimum atomic E-state index is 0.0296. The molecule has 0 atom stereocenters. The number of carbonyl (C=O) groups excluding carboxylic acids is 1. The highest BCUT2D eigenvalue weighted by atomic mass is 79.9. The molecule has 0 bridgehead atoms. The molecule has 0 aliphatic heterocycles. The van der Waals surface area contributed by atoms with Gasteiger partial charge in [-0.05, 0) is 55.4 Å². The van der Waals surface area contributed by atoms with Crippen LogP contribution in [0.5, 0.6) is 0 Å². The SMILES string of the molecule is CN(CC1(N(C)C)CCC1)C(=O)c1cncc(Br)c1. The van der Waals surface area contributed by atoms with Gasteiger partial charge in [0.1, 0.15) is 0 Å². The Morgan fingerprint density at radius 2 is 2.05 bits per heavy atom. The lowest BCUT2D eigenvalue weighted by molar-refractivity contribution is 0.0252. The van der Waals surface area contributed by atoms with E-state index in [1.807, 2.05) is 18.0 Å². The van der Waals surface area contributed by atoms with Gasteiger partial charge in [0.2, 0.25) is 0 Å². The van der Waals surface area contributed by atoms with Crippen LogP contribution in [0.3, 0.4) is 0 Å². The Morgan fingerprint density at radius 1 is 1.37 bits per heavy atom. The van der Waals surface area contributed by atoms with Crippen LogP contribution < -0.4 is 0 Å². The summed E-state index contributed by atoms with van der Waals surface area (Å²) in [5, 5.41) is 0. The second-order valence-corrected chi connectivity index (χ2v) is 6.44. The number of halogens is 1. The van der Waals surface area contributed by atoms with Crippen molar-refractivity contribution in [3.8, 4) is 0 Å². The monoisotopic (exact) mass is 325 g/mol. The fourth-order valence-corrected chi connectivity index (χ4v) is 2.96. The summed E-state index contributed by atoms with van der Waals surface area (Å²) >= 11 is 3.35. The van der Waals surface area contributed by atoms with Gasteiger partial charge in [-0.3, -0.25) is 9.78 Å². The molecule has 1 heterocycles. The quantitative estimate of drug-likeness (QED) is 0.852. The van der Waals surface area contributed by atoms with Crippen molar-refractivity contribution < 1.29 is 4.79 Å². The molecular weight excluding hydrogens is 306 g/mol. The Hall–Kier alpha value is -0.940. The van der Waals surface area contributed by atoms with Crippen LogP contribution >= 0.6 is 15.9 Å². The van der Waals surface area contributed by atoms with Crippen LogP contribution in [0.1, 0.15) is 29.6 Å². The molecule has 1 aliphatic carbocycles. The third-order valence-corrected chi connectivity index (χ3v) is 4.50. The molecule has 19 heavy (non-hydrogen) atoms. The molecule has 1 aromatic heterocycles. The number of amides is 1. The van der Waals surface area contributed by atoms with E-state index >= 15 is 0 Å². The highest BCUT2D eigenvalue weighted by Gasteiger charge is 2.40. The van der Waals surface area contributed by atoms with Gasteiger partial charge in [0.05, 0.1) is 5.56 Å². The Balaban J connectivity index is 2.07. The predicted molar refractivity (Wildman–Crippen MR) is 79.2 cm³/mol. The van der Waals surface area contributed by atoms with E-state index in [1.54, 1.807) is 12.4 Å². The fourth-order valence-electron chi connectivity index (χ4n) is 2.59. The van der Waals surface area contributed by atoms with Crippen LogP contribution in [0.25, 0.3) is 0 Å². The van der Waals surface area contributed by atoms with Crippen molar-refractivity contribution in [3.63, 3.8) is 0 Å². The standard InChI is InChI=1S/C14H20BrN3O/c1-17(2)14(5-4-6-14)10-18(3)13(19)11-7-12(15)9-16-8-11/h7-9H,4-6,10H2,1-3H3. The van der Waals surface area contributed by atoms with Crippen molar-refractivity contribution in [2.75, 3.05) is 27.7 Å². The number of hydrogen-bond acceptors (Lipinski definition) is 3. The van der Waals surface area contributed by atoms with Gasteiger partial charge in [-0.15, -0.1) is 0 Å². The van der Waals surface area contributed by atoms with Gasteiger partial charge in [-0.1, -0.05) is 0 Å². The van der Waals surface area contributed by atoms with Crippen molar-refractivity contribution in [2.45, 2.75) is 24.8 Å². The molecule has 1 amide bonds. The third kappa shape index (κ3) is 2.98. The summed E-state index contributed by atoms with van der Waals surface area (Å²) in [5.74, 6) is 0.0296. The average molecular weight is 326 g/mol. The zero-order chi connectivity index (χ0) is 14.0. The Bertz CT molecular complexity index is 472. The van der Waals surface area contributed by atoms with Crippen LogP contribution in [0, 0.1) is 0 Å². The van der Waals surface area contributed by atoms with Crippen molar-refractivity contribution in [1.29, 1.82) is 0 Å². The molecule has 0 radical (unpaired) electrons. The summed E-state index contributed by atoms with van der Waals surface area (Å²) in [6.45, 7) is 0.769. The van der Waals surface area contributed by atoms with E-state index in [9.17, 15) is 4.79 Å². The lowest BCUT2D eigenvalue weighted by atomic mass is 9.75. The Morgan fingerprint density at radius 3 is 2.53 bits per heavy atom. The Labute approximate surface area is 122 Å². The van der Waals surface area contributed by atoms with Crippen molar-refractivity contribution in [1.82, 2.24) is 14.8 Å². The predicted octanol–water partition coefficient (Wildman–Crippen LogP) is 2.40. The molecule has 5 heteroatoms. The molecule has 0 saturated heterocycles. The largest absolute Gasteiger partial charge is 0.340 e. The summed E-state index contributed by atoms with van der Waals surface area (Å²) in [6, 6.07) is 1.81. The summed E-state index contributed by atoms with van der Waals surface area (Å²) in [5.41, 5.74) is 0.786. The maximum absolute atomic E-state index is 12.4. The van der Waals surface area contributed by atoms with Gasteiger partial charge < -0.3 is 9.80 Å². The smallest absolute Gasteiger partial charge is 0.255 e. The molecule has 1 aromatic rings. The van der Waals surface area contributed by atoms with Crippen molar-refractivity contribution in [3.05, 3.63) is 28.5 Å². The zero-order valence-corrected chi connectivity index (χ0v) is 13.3. The van der Waals surface area contributed by atoms with E-state index < -0.39 is 0 Å². The van der Waals surface area contributed by atoms with Crippen LogP contribution in [-0.4, -0.2) is 53.9 Å². The van der Waals surface area contributed by atoms with Gasteiger partial charge in [0, 0.05) is 36.0 Å². The summed E-state index contributed by atoms with van der Waals surface area (Å²) in [4.78, 5) is 20.5. The molecular formula is C14H20BrN3O. The molecule has 0 unspecified atom stereocenters. The number of likely N-dealkylation sites (N-methyl/N-ethyl adjacent to an activating group) is 2. The van der Waals surface area contributed by atoms with E-state index in [4.69, 9.17) is 0 Å². The zero-order valence-electron chi connectivity index (χ0n) is 11.7. The molecule has 2 rings (SSSR count). The van der Waals surface area contributed by atoms with Gasteiger partial charge in [-0.25, -0.2) is 0 Å². The maximum Gasteiger partial charge on any atom is 0.255 e. The lowest BCUT2D eigenvalue weighted by Crippen LogP contribution is -2.57. The van der Waals surface area contributed by atoms with E-state index in [1.165, 1.54) is 6.42 Å². The van der Waals surface area contributed by atoms with Crippen molar-refractivity contribution >= 4 is 21.8 Å². The number of carbonyl (C=O) groups is 1. The van der Waals surface area contributed by atoms with Crippen LogP contribution in [-0.2, 0) is 0 Å². The van der Waals surface area contributed by atoms with E-state index in [0.717, 1.165) is 23.9 Å². The van der Waals surface area contributed by atoms with Gasteiger partial charge >= 0.3 is 0 Å². The van der Waals surface area contributed by atoms with Gasteiger partial charge in [-0.2, -0.15) is 0 Å². The average Bonchev–Trinajstić information content (AvgIpc) is 2.32. The van der Waals surface area contributed by atoms with Crippen molar-refractivity contribution in [2.24, 2.45) is 0 Å². The van der Waals surface area contributed by atoms with Crippen LogP contribution in [0.2, 0.25) is 0 Å². The molecule has 1 saturated carbocycles. The number of rotatable bonds is 4. The van der Waals surface area contributed by atoms with Crippen LogP contribution in [0.4, 0.5) is 0 Å². The first-order valence-electron chi connectivity index (χ1n) is 6.48. The van der Waals surface area contributed by atoms with Gasteiger partial charge in [0.25, 0.3) is 5.91 Å². The summed E-state index contributed by atoms with van der Waals surface area (Å²) in [7, 11) is 6.06. The first-order chi connectivity index (χ1) is 8.94. The van der Waals surface area contributed by atoms with Gasteiger partial charge in [0.15, 0.2) is 0 Å². The lowest BCUT2D eigenvalue weighted by Gasteiger charge is -2.49. The normalized spacial score (nSPS) is 17.1. The third-order valence-electron chi connectivity index (χ3n) is 4.06. The summed E-state index contributed by atoms with van der Waals surface area (Å²) < 4.78 is 0.831. The minimum Gasteiger partial charge on any atom is -0.340 e. The number of hydrogen-bond donors (Lipinski definition) is 0. The topological polar surface area (TPSA) is 36.4 Å². The molecule has 0 spiro atoms. The number of aromatic nitrogens is 1. The molecule has 0 aromatic carbocycles. The highest BCUT2D eigenvalue weighted by Crippen LogP contribution is 2.36. The second kappa shape index (κ2) is 5.59. The second-order valence-electron chi connectivity index (χ2n) is 5.53. The fraction of sp³-hybridized carbons (Fsp3) is 0.571. The summed E-state index contributed by atoms with van der Waals surface area (Å²) in [6.07, 6.45) is 6.87. The molecule has 0 N–H and O–H groups in total. The minimum absolute atomic E-state index is 0.0296. The van der Waals surface area contributed by atoms with E-state index in [2.05, 4.69) is 39.9 Å². The molecule has 104 valence electrons. The maximum atomic E-state index is 12.4. The first-order valence-corrected chi connectivity index (χ1v) is 7.27. The highest BCUT2D eigenvalue weighted by molar-refractivity contribution is 9.10. The first kappa shape index (κ1) is 14.5.